The lowest BCUT2D eigenvalue weighted by Gasteiger charge is -2.16. The van der Waals surface area contributed by atoms with E-state index < -0.39 is 12.0 Å². The van der Waals surface area contributed by atoms with Crippen LogP contribution in [-0.2, 0) is 16.0 Å². The van der Waals surface area contributed by atoms with Crippen LogP contribution in [0, 0.1) is 0 Å². The average Bonchev–Trinajstić information content (AvgIpc) is 2.46. The van der Waals surface area contributed by atoms with E-state index in [1.165, 1.54) is 0 Å². The first kappa shape index (κ1) is 15.1. The number of nitrogens with one attached hydrogen (secondary N) is 1. The van der Waals surface area contributed by atoms with E-state index in [4.69, 9.17) is 11.6 Å². The van der Waals surface area contributed by atoms with Crippen molar-refractivity contribution in [1.82, 2.24) is 5.32 Å². The number of carboxylic acid groups (broad SMARTS) is 1. The van der Waals surface area contributed by atoms with E-state index in [1.54, 1.807) is 24.3 Å². The lowest BCUT2D eigenvalue weighted by atomic mass is 10.1. The van der Waals surface area contributed by atoms with Gasteiger partial charge in [-0.1, -0.05) is 60.1 Å². The minimum Gasteiger partial charge on any atom is -0.479 e. The van der Waals surface area contributed by atoms with Gasteiger partial charge in [-0.2, -0.15) is 0 Å². The predicted octanol–water partition coefficient (Wildman–Crippen LogP) is 2.82. The molecule has 108 valence electrons. The van der Waals surface area contributed by atoms with Gasteiger partial charge in [0.1, 0.15) is 0 Å². The van der Waals surface area contributed by atoms with Gasteiger partial charge in [0.15, 0.2) is 6.04 Å². The predicted molar refractivity (Wildman–Crippen MR) is 80.1 cm³/mol. The van der Waals surface area contributed by atoms with Crippen molar-refractivity contribution in [3.8, 4) is 0 Å². The van der Waals surface area contributed by atoms with E-state index >= 15 is 0 Å². The van der Waals surface area contributed by atoms with Gasteiger partial charge in [-0.05, 0) is 11.6 Å². The minimum atomic E-state index is -1.16. The van der Waals surface area contributed by atoms with Gasteiger partial charge in [0.2, 0.25) is 5.91 Å². The van der Waals surface area contributed by atoms with Gasteiger partial charge >= 0.3 is 5.97 Å². The van der Waals surface area contributed by atoms with E-state index in [9.17, 15) is 14.7 Å². The zero-order valence-corrected chi connectivity index (χ0v) is 11.9. The first-order valence-electron chi connectivity index (χ1n) is 6.38. The Morgan fingerprint density at radius 1 is 1.05 bits per heavy atom. The summed E-state index contributed by atoms with van der Waals surface area (Å²) in [4.78, 5) is 23.4. The van der Waals surface area contributed by atoms with Crippen LogP contribution in [0.4, 0.5) is 0 Å². The van der Waals surface area contributed by atoms with E-state index in [0.717, 1.165) is 5.56 Å². The van der Waals surface area contributed by atoms with Crippen molar-refractivity contribution in [1.29, 1.82) is 0 Å². The standard InChI is InChI=1S/C16H14ClNO3/c17-13-9-5-4-8-12(13)15(16(20)21)18-14(19)10-11-6-2-1-3-7-11/h1-9,15H,10H2,(H,18,19)(H,20,21). The van der Waals surface area contributed by atoms with Crippen molar-refractivity contribution in [3.05, 3.63) is 70.7 Å². The maximum Gasteiger partial charge on any atom is 0.330 e. The Hall–Kier alpha value is -2.33. The molecule has 2 aromatic rings. The van der Waals surface area contributed by atoms with E-state index in [-0.39, 0.29) is 12.3 Å². The van der Waals surface area contributed by atoms with Crippen LogP contribution in [0.1, 0.15) is 17.2 Å². The van der Waals surface area contributed by atoms with Gasteiger partial charge in [-0.25, -0.2) is 4.79 Å². The van der Waals surface area contributed by atoms with Crippen molar-refractivity contribution < 1.29 is 14.7 Å². The summed E-state index contributed by atoms with van der Waals surface area (Å²) in [5.74, 6) is -1.52. The molecule has 4 nitrogen and oxygen atoms in total. The van der Waals surface area contributed by atoms with Crippen molar-refractivity contribution in [2.24, 2.45) is 0 Å². The molecule has 0 saturated heterocycles. The van der Waals surface area contributed by atoms with Gasteiger partial charge in [-0.15, -0.1) is 0 Å². The second kappa shape index (κ2) is 6.90. The van der Waals surface area contributed by atoms with Gasteiger partial charge in [0, 0.05) is 10.6 Å². The zero-order valence-electron chi connectivity index (χ0n) is 11.1. The summed E-state index contributed by atoms with van der Waals surface area (Å²) < 4.78 is 0. The molecule has 0 aromatic heterocycles. The SMILES string of the molecule is O=C(Cc1ccccc1)NC(C(=O)O)c1ccccc1Cl. The molecule has 0 aliphatic carbocycles. The topological polar surface area (TPSA) is 66.4 Å². The Kier molecular flexibility index (Phi) is 4.95. The Labute approximate surface area is 127 Å². The molecule has 0 bridgehead atoms. The first-order chi connectivity index (χ1) is 10.1. The highest BCUT2D eigenvalue weighted by molar-refractivity contribution is 6.31. The second-order valence-corrected chi connectivity index (χ2v) is 4.93. The van der Waals surface area contributed by atoms with Crippen molar-refractivity contribution >= 4 is 23.5 Å². The molecule has 0 heterocycles. The van der Waals surface area contributed by atoms with Crippen LogP contribution in [0.25, 0.3) is 0 Å². The molecular formula is C16H14ClNO3. The quantitative estimate of drug-likeness (QED) is 0.892. The van der Waals surface area contributed by atoms with E-state index in [2.05, 4.69) is 5.32 Å². The summed E-state index contributed by atoms with van der Waals surface area (Å²) in [5.41, 5.74) is 1.19. The Morgan fingerprint density at radius 2 is 1.67 bits per heavy atom. The molecule has 0 aliphatic rings. The third-order valence-corrected chi connectivity index (χ3v) is 3.32. The smallest absolute Gasteiger partial charge is 0.330 e. The van der Waals surface area contributed by atoms with Gasteiger partial charge < -0.3 is 10.4 Å². The summed E-state index contributed by atoms with van der Waals surface area (Å²) in [6.07, 6.45) is 0.120. The number of benzene rings is 2. The fourth-order valence-corrected chi connectivity index (χ4v) is 2.22. The second-order valence-electron chi connectivity index (χ2n) is 4.52. The van der Waals surface area contributed by atoms with Crippen molar-refractivity contribution in [2.45, 2.75) is 12.5 Å². The largest absolute Gasteiger partial charge is 0.479 e. The van der Waals surface area contributed by atoms with Crippen LogP contribution in [0.15, 0.2) is 54.6 Å². The van der Waals surface area contributed by atoms with Gasteiger partial charge in [0.25, 0.3) is 0 Å². The average molecular weight is 304 g/mol. The molecule has 21 heavy (non-hydrogen) atoms. The Bertz CT molecular complexity index is 643. The summed E-state index contributed by atoms with van der Waals surface area (Å²) in [5, 5.41) is 12.1. The molecule has 1 atom stereocenters. The first-order valence-corrected chi connectivity index (χ1v) is 6.76. The van der Waals surface area contributed by atoms with Crippen molar-refractivity contribution in [3.63, 3.8) is 0 Å². The van der Waals surface area contributed by atoms with Crippen LogP contribution >= 0.6 is 11.6 Å². The van der Waals surface area contributed by atoms with Crippen LogP contribution in [0.3, 0.4) is 0 Å². The Morgan fingerprint density at radius 3 is 2.29 bits per heavy atom. The van der Waals surface area contributed by atoms with Gasteiger partial charge in [-0.3, -0.25) is 4.79 Å². The Balaban J connectivity index is 2.12. The number of hydrogen-bond donors (Lipinski definition) is 2. The van der Waals surface area contributed by atoms with Gasteiger partial charge in [0.05, 0.1) is 6.42 Å². The third kappa shape index (κ3) is 4.07. The lowest BCUT2D eigenvalue weighted by Crippen LogP contribution is -2.34. The number of amides is 1. The number of halogens is 1. The molecule has 1 unspecified atom stereocenters. The summed E-state index contributed by atoms with van der Waals surface area (Å²) in [6, 6.07) is 14.5. The summed E-state index contributed by atoms with van der Waals surface area (Å²) >= 11 is 5.99. The highest BCUT2D eigenvalue weighted by atomic mass is 35.5. The minimum absolute atomic E-state index is 0.120. The fourth-order valence-electron chi connectivity index (χ4n) is 1.97. The molecule has 5 heteroatoms. The molecule has 0 radical (unpaired) electrons. The highest BCUT2D eigenvalue weighted by Gasteiger charge is 2.23. The molecule has 0 spiro atoms. The molecule has 2 aromatic carbocycles. The number of carbonyl (C=O) groups excluding carboxylic acids is 1. The van der Waals surface area contributed by atoms with E-state index in [1.807, 2.05) is 30.3 Å². The zero-order chi connectivity index (χ0) is 15.2. The lowest BCUT2D eigenvalue weighted by molar-refractivity contribution is -0.141. The maximum atomic E-state index is 12.0. The molecule has 1 amide bonds. The van der Waals surface area contributed by atoms with Crippen molar-refractivity contribution in [2.75, 3.05) is 0 Å². The molecule has 2 rings (SSSR count). The molecule has 0 aliphatic heterocycles. The molecule has 0 saturated carbocycles. The third-order valence-electron chi connectivity index (χ3n) is 2.98. The number of rotatable bonds is 5. The molecule has 2 N–H and O–H groups in total. The number of hydrogen-bond acceptors (Lipinski definition) is 2. The number of carboxylic acids is 1. The highest BCUT2D eigenvalue weighted by Crippen LogP contribution is 2.23. The normalized spacial score (nSPS) is 11.7. The van der Waals surface area contributed by atoms with E-state index in [0.29, 0.717) is 10.6 Å². The number of carbonyl (C=O) groups is 2. The monoisotopic (exact) mass is 303 g/mol. The van der Waals surface area contributed by atoms with Crippen LogP contribution in [0.5, 0.6) is 0 Å². The summed E-state index contributed by atoms with van der Waals surface area (Å²) in [6.45, 7) is 0. The molecule has 0 fully saturated rings. The molecular weight excluding hydrogens is 290 g/mol. The van der Waals surface area contributed by atoms with Crippen LogP contribution in [0.2, 0.25) is 5.02 Å². The maximum absolute atomic E-state index is 12.0. The number of aliphatic carboxylic acids is 1. The fraction of sp³-hybridized carbons (Fsp3) is 0.125. The summed E-state index contributed by atoms with van der Waals surface area (Å²) in [7, 11) is 0. The van der Waals surface area contributed by atoms with Crippen LogP contribution in [-0.4, -0.2) is 17.0 Å². The van der Waals surface area contributed by atoms with Crippen LogP contribution < -0.4 is 5.32 Å².